The number of allylic oxidation sites excluding steroid dienone is 1. The standard InChI is InChI=1S/C23H39N3O5/c1-9-17(30-10-2)14-31-19(27)13-24-22(29)25-20(23(6,7)8)21(28)26-12-11-18(15(3)4)16(26)5/h9-10,15-16,18,20H,2,11-14H2,1,3-8H3,(H2,24,25,29)/b17-9-. The molecular weight excluding hydrogens is 398 g/mol. The molecule has 3 atom stereocenters. The molecule has 0 bridgehead atoms. The maximum absolute atomic E-state index is 13.3. The summed E-state index contributed by atoms with van der Waals surface area (Å²) in [4.78, 5) is 39.5. The van der Waals surface area contributed by atoms with E-state index in [0.717, 1.165) is 6.42 Å². The third-order valence-corrected chi connectivity index (χ3v) is 5.67. The first-order valence-corrected chi connectivity index (χ1v) is 10.9. The fourth-order valence-corrected chi connectivity index (χ4v) is 3.81. The fraction of sp³-hybridized carbons (Fsp3) is 0.696. The SMILES string of the molecule is C=CO/C(=C\C)COC(=O)CNC(=O)NC(C(=O)N1CCC(C(C)C)C1C)C(C)(C)C. The molecule has 2 N–H and O–H groups in total. The molecule has 31 heavy (non-hydrogen) atoms. The number of hydrogen-bond acceptors (Lipinski definition) is 5. The van der Waals surface area contributed by atoms with Crippen LogP contribution in [0.25, 0.3) is 0 Å². The molecule has 8 heteroatoms. The number of carbonyl (C=O) groups excluding carboxylic acids is 3. The van der Waals surface area contributed by atoms with Crippen molar-refractivity contribution in [3.63, 3.8) is 0 Å². The van der Waals surface area contributed by atoms with Gasteiger partial charge in [0.1, 0.15) is 25.0 Å². The van der Waals surface area contributed by atoms with Crippen LogP contribution in [0.15, 0.2) is 24.7 Å². The van der Waals surface area contributed by atoms with Crippen LogP contribution in [0.2, 0.25) is 0 Å². The summed E-state index contributed by atoms with van der Waals surface area (Å²) in [6.45, 7) is 17.6. The Hall–Kier alpha value is -2.51. The van der Waals surface area contributed by atoms with Crippen molar-refractivity contribution in [2.24, 2.45) is 17.3 Å². The van der Waals surface area contributed by atoms with Gasteiger partial charge in [-0.05, 0) is 43.6 Å². The molecule has 1 aliphatic heterocycles. The van der Waals surface area contributed by atoms with Crippen molar-refractivity contribution in [2.75, 3.05) is 19.7 Å². The van der Waals surface area contributed by atoms with Gasteiger partial charge in [0.15, 0.2) is 0 Å². The Balaban J connectivity index is 2.66. The Morgan fingerprint density at radius 3 is 2.39 bits per heavy atom. The summed E-state index contributed by atoms with van der Waals surface area (Å²) in [6, 6.07) is -1.19. The van der Waals surface area contributed by atoms with E-state index in [9.17, 15) is 14.4 Å². The van der Waals surface area contributed by atoms with Gasteiger partial charge < -0.3 is 25.0 Å². The predicted octanol–water partition coefficient (Wildman–Crippen LogP) is 3.20. The molecule has 1 aliphatic rings. The van der Waals surface area contributed by atoms with Crippen LogP contribution >= 0.6 is 0 Å². The number of nitrogens with zero attached hydrogens (tertiary/aromatic N) is 1. The van der Waals surface area contributed by atoms with E-state index < -0.39 is 23.5 Å². The van der Waals surface area contributed by atoms with Gasteiger partial charge in [-0.15, -0.1) is 0 Å². The number of likely N-dealkylation sites (tertiary alicyclic amines) is 1. The number of esters is 1. The lowest BCUT2D eigenvalue weighted by Crippen LogP contribution is -2.57. The second-order valence-electron chi connectivity index (χ2n) is 9.30. The van der Waals surface area contributed by atoms with E-state index in [2.05, 4.69) is 38.0 Å². The molecule has 0 radical (unpaired) electrons. The minimum absolute atomic E-state index is 0.0579. The summed E-state index contributed by atoms with van der Waals surface area (Å²) in [7, 11) is 0. The number of nitrogens with one attached hydrogen (secondary N) is 2. The lowest BCUT2D eigenvalue weighted by Gasteiger charge is -2.36. The van der Waals surface area contributed by atoms with Crippen molar-refractivity contribution in [1.29, 1.82) is 0 Å². The van der Waals surface area contributed by atoms with Crippen molar-refractivity contribution < 1.29 is 23.9 Å². The van der Waals surface area contributed by atoms with Gasteiger partial charge in [-0.1, -0.05) is 41.2 Å². The highest BCUT2D eigenvalue weighted by Crippen LogP contribution is 2.32. The zero-order valence-corrected chi connectivity index (χ0v) is 20.0. The summed E-state index contributed by atoms with van der Waals surface area (Å²) in [6.07, 6.45) is 3.85. The Kier molecular flexibility index (Phi) is 10.1. The number of hydrogen-bond donors (Lipinski definition) is 2. The molecule has 3 unspecified atom stereocenters. The number of urea groups is 1. The van der Waals surface area contributed by atoms with Crippen LogP contribution in [0.1, 0.15) is 54.9 Å². The maximum Gasteiger partial charge on any atom is 0.325 e. The van der Waals surface area contributed by atoms with Crippen LogP contribution in [0, 0.1) is 17.3 Å². The van der Waals surface area contributed by atoms with Crippen LogP contribution in [-0.2, 0) is 19.1 Å². The number of ether oxygens (including phenoxy) is 2. The molecular formula is C23H39N3O5. The molecule has 0 aliphatic carbocycles. The highest BCUT2D eigenvalue weighted by atomic mass is 16.6. The van der Waals surface area contributed by atoms with Crippen molar-refractivity contribution in [3.8, 4) is 0 Å². The quantitative estimate of drug-likeness (QED) is 0.426. The van der Waals surface area contributed by atoms with Crippen molar-refractivity contribution in [2.45, 2.75) is 67.0 Å². The molecule has 0 spiro atoms. The maximum atomic E-state index is 13.3. The molecule has 0 saturated carbocycles. The first-order chi connectivity index (χ1) is 14.4. The van der Waals surface area contributed by atoms with Crippen LogP contribution in [0.5, 0.6) is 0 Å². The van der Waals surface area contributed by atoms with Crippen LogP contribution < -0.4 is 10.6 Å². The van der Waals surface area contributed by atoms with Gasteiger partial charge in [0, 0.05) is 12.6 Å². The molecule has 0 aromatic carbocycles. The van der Waals surface area contributed by atoms with Gasteiger partial charge in [0.2, 0.25) is 5.91 Å². The average molecular weight is 438 g/mol. The molecule has 0 aromatic heterocycles. The second-order valence-corrected chi connectivity index (χ2v) is 9.30. The summed E-state index contributed by atoms with van der Waals surface area (Å²) in [5.41, 5.74) is -0.493. The molecule has 3 amide bonds. The van der Waals surface area contributed by atoms with Crippen LogP contribution in [0.4, 0.5) is 4.79 Å². The number of rotatable bonds is 9. The van der Waals surface area contributed by atoms with Gasteiger partial charge in [-0.3, -0.25) is 9.59 Å². The molecule has 176 valence electrons. The largest absolute Gasteiger partial charge is 0.467 e. The minimum atomic E-state index is -0.715. The van der Waals surface area contributed by atoms with Crippen molar-refractivity contribution in [3.05, 3.63) is 24.7 Å². The van der Waals surface area contributed by atoms with Gasteiger partial charge in [-0.2, -0.15) is 0 Å². The summed E-state index contributed by atoms with van der Waals surface area (Å²) in [5.74, 6) is 0.656. The normalized spacial score (nSPS) is 20.3. The fourth-order valence-electron chi connectivity index (χ4n) is 3.81. The Bertz CT molecular complexity index is 681. The highest BCUT2D eigenvalue weighted by Gasteiger charge is 2.42. The van der Waals surface area contributed by atoms with Gasteiger partial charge in [0.25, 0.3) is 0 Å². The van der Waals surface area contributed by atoms with Crippen LogP contribution in [-0.4, -0.2) is 54.6 Å². The summed E-state index contributed by atoms with van der Waals surface area (Å²) in [5, 5.41) is 5.22. The smallest absolute Gasteiger partial charge is 0.325 e. The molecule has 1 heterocycles. The third kappa shape index (κ3) is 7.92. The Labute approximate surface area is 186 Å². The first kappa shape index (κ1) is 26.5. The third-order valence-electron chi connectivity index (χ3n) is 5.67. The molecule has 8 nitrogen and oxygen atoms in total. The number of amides is 3. The van der Waals surface area contributed by atoms with E-state index in [1.807, 2.05) is 25.7 Å². The van der Waals surface area contributed by atoms with E-state index in [4.69, 9.17) is 9.47 Å². The van der Waals surface area contributed by atoms with Crippen LogP contribution in [0.3, 0.4) is 0 Å². The summed E-state index contributed by atoms with van der Waals surface area (Å²) >= 11 is 0. The predicted molar refractivity (Wildman–Crippen MR) is 120 cm³/mol. The molecule has 0 aromatic rings. The van der Waals surface area contributed by atoms with Crippen molar-refractivity contribution in [1.82, 2.24) is 15.5 Å². The zero-order chi connectivity index (χ0) is 23.8. The Morgan fingerprint density at radius 1 is 1.26 bits per heavy atom. The lowest BCUT2D eigenvalue weighted by molar-refractivity contribution is -0.142. The highest BCUT2D eigenvalue weighted by molar-refractivity contribution is 5.89. The van der Waals surface area contributed by atoms with E-state index in [1.165, 1.54) is 6.26 Å². The van der Waals surface area contributed by atoms with Gasteiger partial charge in [-0.25, -0.2) is 4.79 Å². The van der Waals surface area contributed by atoms with E-state index >= 15 is 0 Å². The zero-order valence-electron chi connectivity index (χ0n) is 20.0. The topological polar surface area (TPSA) is 97.0 Å². The Morgan fingerprint density at radius 2 is 1.90 bits per heavy atom. The van der Waals surface area contributed by atoms with E-state index in [-0.39, 0.29) is 25.1 Å². The molecule has 1 saturated heterocycles. The van der Waals surface area contributed by atoms with Crippen molar-refractivity contribution >= 4 is 17.9 Å². The lowest BCUT2D eigenvalue weighted by atomic mass is 9.85. The monoisotopic (exact) mass is 437 g/mol. The van der Waals surface area contributed by atoms with E-state index in [1.54, 1.807) is 13.0 Å². The molecule has 1 fully saturated rings. The summed E-state index contributed by atoms with van der Waals surface area (Å²) < 4.78 is 10.1. The van der Waals surface area contributed by atoms with E-state index in [0.29, 0.717) is 24.1 Å². The second kappa shape index (κ2) is 11.8. The van der Waals surface area contributed by atoms with Gasteiger partial charge in [0.05, 0.1) is 6.26 Å². The molecule has 1 rings (SSSR count). The minimum Gasteiger partial charge on any atom is -0.467 e. The average Bonchev–Trinajstić information content (AvgIpc) is 3.07. The van der Waals surface area contributed by atoms with Gasteiger partial charge >= 0.3 is 12.0 Å². The number of carbonyl (C=O) groups is 3. The first-order valence-electron chi connectivity index (χ1n) is 10.9.